The normalized spacial score (nSPS) is 28.4. The first-order valence-electron chi connectivity index (χ1n) is 7.55. The van der Waals surface area contributed by atoms with E-state index in [1.54, 1.807) is 4.31 Å². The van der Waals surface area contributed by atoms with Gasteiger partial charge in [0, 0.05) is 38.8 Å². The second-order valence-electron chi connectivity index (χ2n) is 6.04. The first-order chi connectivity index (χ1) is 9.47. The number of nitrogens with one attached hydrogen (secondary N) is 1. The van der Waals surface area contributed by atoms with Crippen LogP contribution >= 0.6 is 0 Å². The van der Waals surface area contributed by atoms with Crippen LogP contribution in [0.4, 0.5) is 0 Å². The van der Waals surface area contributed by atoms with Crippen molar-refractivity contribution in [2.75, 3.05) is 45.9 Å². The lowest BCUT2D eigenvalue weighted by atomic mass is 10.0. The fourth-order valence-electron chi connectivity index (χ4n) is 2.90. The van der Waals surface area contributed by atoms with Crippen LogP contribution in [0.25, 0.3) is 0 Å². The number of morpholine rings is 1. The molecule has 118 valence electrons. The maximum absolute atomic E-state index is 12.4. The molecule has 0 aromatic rings. The molecule has 2 aliphatic rings. The third-order valence-electron chi connectivity index (χ3n) is 3.95. The lowest BCUT2D eigenvalue weighted by molar-refractivity contribution is 0.0353. The summed E-state index contributed by atoms with van der Waals surface area (Å²) in [6.45, 7) is 9.31. The van der Waals surface area contributed by atoms with Gasteiger partial charge in [0.2, 0.25) is 0 Å². The summed E-state index contributed by atoms with van der Waals surface area (Å²) in [6, 6.07) is -0.0738. The molecule has 1 N–H and O–H groups in total. The smallest absolute Gasteiger partial charge is 0.279 e. The Morgan fingerprint density at radius 3 is 2.65 bits per heavy atom. The zero-order chi connectivity index (χ0) is 14.6. The first kappa shape index (κ1) is 16.2. The molecule has 2 fully saturated rings. The van der Waals surface area contributed by atoms with Crippen LogP contribution in [0.15, 0.2) is 0 Å². The number of piperidine rings is 1. The molecule has 2 atom stereocenters. The number of hydrogen-bond acceptors (Lipinski definition) is 4. The summed E-state index contributed by atoms with van der Waals surface area (Å²) in [6.07, 6.45) is 2.08. The molecule has 0 radical (unpaired) electrons. The van der Waals surface area contributed by atoms with Gasteiger partial charge in [-0.1, -0.05) is 6.92 Å². The van der Waals surface area contributed by atoms with Crippen LogP contribution in [0.5, 0.6) is 0 Å². The molecular weight excluding hydrogens is 278 g/mol. The lowest BCUT2D eigenvalue weighted by Gasteiger charge is -2.33. The van der Waals surface area contributed by atoms with Crippen LogP contribution in [-0.2, 0) is 14.9 Å². The van der Waals surface area contributed by atoms with Gasteiger partial charge in [0.15, 0.2) is 0 Å². The molecule has 20 heavy (non-hydrogen) atoms. The van der Waals surface area contributed by atoms with Gasteiger partial charge in [0.05, 0.1) is 13.2 Å². The topological polar surface area (TPSA) is 61.9 Å². The number of hydrogen-bond donors (Lipinski definition) is 1. The first-order valence-corrected chi connectivity index (χ1v) is 8.99. The van der Waals surface area contributed by atoms with Crippen molar-refractivity contribution < 1.29 is 13.2 Å². The maximum Gasteiger partial charge on any atom is 0.279 e. The van der Waals surface area contributed by atoms with Gasteiger partial charge < -0.3 is 4.74 Å². The third-order valence-corrected chi connectivity index (χ3v) is 5.66. The molecular formula is C13H27N3O3S. The van der Waals surface area contributed by atoms with Crippen LogP contribution < -0.4 is 4.72 Å². The summed E-state index contributed by atoms with van der Waals surface area (Å²) in [7, 11) is -3.34. The largest absolute Gasteiger partial charge is 0.379 e. The predicted octanol–water partition coefficient (Wildman–Crippen LogP) is 0.273. The zero-order valence-electron chi connectivity index (χ0n) is 12.5. The van der Waals surface area contributed by atoms with Gasteiger partial charge in [0.25, 0.3) is 10.2 Å². The van der Waals surface area contributed by atoms with E-state index in [2.05, 4.69) is 16.5 Å². The van der Waals surface area contributed by atoms with E-state index in [0.29, 0.717) is 19.0 Å². The fraction of sp³-hybridized carbons (Fsp3) is 1.00. The van der Waals surface area contributed by atoms with E-state index in [-0.39, 0.29) is 6.04 Å². The molecule has 6 nitrogen and oxygen atoms in total. The highest BCUT2D eigenvalue weighted by Crippen LogP contribution is 2.17. The second-order valence-corrected chi connectivity index (χ2v) is 7.74. The van der Waals surface area contributed by atoms with Crippen molar-refractivity contribution in [2.24, 2.45) is 5.92 Å². The Kier molecular flexibility index (Phi) is 5.80. The van der Waals surface area contributed by atoms with Gasteiger partial charge >= 0.3 is 0 Å². The van der Waals surface area contributed by atoms with Gasteiger partial charge in [-0.3, -0.25) is 4.90 Å². The van der Waals surface area contributed by atoms with E-state index in [4.69, 9.17) is 4.74 Å². The fourth-order valence-corrected chi connectivity index (χ4v) is 4.45. The number of nitrogens with zero attached hydrogens (tertiary/aromatic N) is 2. The molecule has 0 spiro atoms. The minimum atomic E-state index is -3.34. The average molecular weight is 305 g/mol. The van der Waals surface area contributed by atoms with Crippen molar-refractivity contribution in [3.8, 4) is 0 Å². The SMILES string of the molecule is C[C@H]1CCCN(S(=O)(=O)N[C@@H](C)CN2CCOCC2)C1. The molecule has 0 amide bonds. The molecule has 0 unspecified atom stereocenters. The molecule has 2 rings (SSSR count). The summed E-state index contributed by atoms with van der Waals surface area (Å²) in [5.41, 5.74) is 0. The Labute approximate surface area is 122 Å². The summed E-state index contributed by atoms with van der Waals surface area (Å²) in [4.78, 5) is 2.25. The third kappa shape index (κ3) is 4.66. The van der Waals surface area contributed by atoms with Gasteiger partial charge in [0.1, 0.15) is 0 Å². The van der Waals surface area contributed by atoms with E-state index in [1.165, 1.54) is 0 Å². The Balaban J connectivity index is 1.83. The average Bonchev–Trinajstić information content (AvgIpc) is 2.39. The Morgan fingerprint density at radius 1 is 1.30 bits per heavy atom. The lowest BCUT2D eigenvalue weighted by Crippen LogP contribution is -2.51. The van der Waals surface area contributed by atoms with Crippen molar-refractivity contribution in [3.63, 3.8) is 0 Å². The standard InChI is InChI=1S/C13H27N3O3S/c1-12-4-3-5-16(10-12)20(17,18)14-13(2)11-15-6-8-19-9-7-15/h12-14H,3-11H2,1-2H3/t12-,13-/m0/s1. The van der Waals surface area contributed by atoms with Gasteiger partial charge in [-0.05, 0) is 25.7 Å². The van der Waals surface area contributed by atoms with Crippen LogP contribution in [-0.4, -0.2) is 69.6 Å². The van der Waals surface area contributed by atoms with E-state index in [0.717, 1.165) is 45.7 Å². The van der Waals surface area contributed by atoms with Crippen molar-refractivity contribution in [3.05, 3.63) is 0 Å². The monoisotopic (exact) mass is 305 g/mol. The van der Waals surface area contributed by atoms with Crippen molar-refractivity contribution in [1.29, 1.82) is 0 Å². The van der Waals surface area contributed by atoms with E-state index < -0.39 is 10.2 Å². The molecule has 0 bridgehead atoms. The summed E-state index contributed by atoms with van der Waals surface area (Å²) in [5.74, 6) is 0.454. The van der Waals surface area contributed by atoms with Gasteiger partial charge in [-0.25, -0.2) is 0 Å². The number of ether oxygens (including phenoxy) is 1. The highest BCUT2D eigenvalue weighted by atomic mass is 32.2. The van der Waals surface area contributed by atoms with E-state index in [9.17, 15) is 8.42 Å². The minimum Gasteiger partial charge on any atom is -0.379 e. The highest BCUT2D eigenvalue weighted by Gasteiger charge is 2.28. The van der Waals surface area contributed by atoms with Crippen LogP contribution in [0.1, 0.15) is 26.7 Å². The molecule has 2 saturated heterocycles. The molecule has 7 heteroatoms. The molecule has 0 aromatic carbocycles. The summed E-state index contributed by atoms with van der Waals surface area (Å²) in [5, 5.41) is 0. The maximum atomic E-state index is 12.4. The van der Waals surface area contributed by atoms with Crippen molar-refractivity contribution in [1.82, 2.24) is 13.9 Å². The van der Waals surface area contributed by atoms with Crippen molar-refractivity contribution in [2.45, 2.75) is 32.7 Å². The molecule has 2 heterocycles. The summed E-state index contributed by atoms with van der Waals surface area (Å²) >= 11 is 0. The molecule has 2 aliphatic heterocycles. The van der Waals surface area contributed by atoms with Gasteiger partial charge in [-0.2, -0.15) is 17.4 Å². The second kappa shape index (κ2) is 7.17. The van der Waals surface area contributed by atoms with E-state index in [1.807, 2.05) is 6.92 Å². The van der Waals surface area contributed by atoms with Gasteiger partial charge in [-0.15, -0.1) is 0 Å². The Morgan fingerprint density at radius 2 is 2.00 bits per heavy atom. The van der Waals surface area contributed by atoms with Crippen LogP contribution in [0.3, 0.4) is 0 Å². The van der Waals surface area contributed by atoms with Crippen molar-refractivity contribution >= 4 is 10.2 Å². The summed E-state index contributed by atoms with van der Waals surface area (Å²) < 4.78 is 34.4. The predicted molar refractivity (Wildman–Crippen MR) is 78.7 cm³/mol. The molecule has 0 saturated carbocycles. The van der Waals surface area contributed by atoms with E-state index >= 15 is 0 Å². The van der Waals surface area contributed by atoms with Crippen LogP contribution in [0, 0.1) is 5.92 Å². The Bertz CT molecular complexity index is 396. The minimum absolute atomic E-state index is 0.0738. The highest BCUT2D eigenvalue weighted by molar-refractivity contribution is 7.87. The molecule has 0 aromatic heterocycles. The Hall–Kier alpha value is -0.210. The zero-order valence-corrected chi connectivity index (χ0v) is 13.4. The number of rotatable bonds is 5. The molecule has 0 aliphatic carbocycles. The quantitative estimate of drug-likeness (QED) is 0.792. The van der Waals surface area contributed by atoms with Crippen LogP contribution in [0.2, 0.25) is 0 Å².